The maximum Gasteiger partial charge on any atom is 0.410 e. The highest BCUT2D eigenvalue weighted by Crippen LogP contribution is 2.41. The molecule has 0 fully saturated rings. The summed E-state index contributed by atoms with van der Waals surface area (Å²) < 4.78 is 22.7. The Balaban J connectivity index is 1.91. The highest BCUT2D eigenvalue weighted by atomic mass is 127. The molecule has 1 aromatic heterocycles. The van der Waals surface area contributed by atoms with Gasteiger partial charge in [-0.1, -0.05) is 58.5 Å². The van der Waals surface area contributed by atoms with Crippen molar-refractivity contribution in [2.75, 3.05) is 6.54 Å². The molecule has 1 aliphatic rings. The predicted molar refractivity (Wildman–Crippen MR) is 147 cm³/mol. The number of carbonyl (C=O) groups excluding carboxylic acids is 1. The lowest BCUT2D eigenvalue weighted by atomic mass is 10.1. The van der Waals surface area contributed by atoms with Crippen molar-refractivity contribution in [1.82, 2.24) is 14.7 Å². The van der Waals surface area contributed by atoms with Crippen LogP contribution in [0.1, 0.15) is 66.1 Å². The van der Waals surface area contributed by atoms with Crippen molar-refractivity contribution in [1.29, 1.82) is 0 Å². The van der Waals surface area contributed by atoms with Crippen molar-refractivity contribution < 1.29 is 13.9 Å². The Hall–Kier alpha value is -1.42. The van der Waals surface area contributed by atoms with Gasteiger partial charge in [0.25, 0.3) is 0 Å². The van der Waals surface area contributed by atoms with E-state index in [1.165, 1.54) is 18.2 Å². The zero-order valence-electron chi connectivity index (χ0n) is 21.8. The molecule has 8 heteroatoms. The summed E-state index contributed by atoms with van der Waals surface area (Å²) in [6.07, 6.45) is 1.74. The molecule has 1 atom stereocenters. The molecular formula is C26H39FIN3O2Si. The number of nitrogens with zero attached hydrogens (tertiary/aromatic N) is 3. The summed E-state index contributed by atoms with van der Waals surface area (Å²) in [4.78, 5) is 14.8. The second kappa shape index (κ2) is 9.91. The van der Waals surface area contributed by atoms with Crippen LogP contribution >= 0.6 is 22.6 Å². The van der Waals surface area contributed by atoms with Crippen LogP contribution in [-0.2, 0) is 11.3 Å². The van der Waals surface area contributed by atoms with Crippen molar-refractivity contribution in [3.05, 3.63) is 39.3 Å². The molecule has 0 N–H and O–H groups in total. The molecule has 2 heterocycles. The van der Waals surface area contributed by atoms with Crippen LogP contribution in [0.5, 0.6) is 0 Å². The van der Waals surface area contributed by atoms with Gasteiger partial charge in [0.1, 0.15) is 17.1 Å². The van der Waals surface area contributed by atoms with Gasteiger partial charge in [0.2, 0.25) is 0 Å². The van der Waals surface area contributed by atoms with Crippen molar-refractivity contribution in [2.45, 2.75) is 96.7 Å². The normalized spacial score (nSPS) is 17.0. The fraction of sp³-hybridized carbons (Fsp3) is 0.615. The van der Waals surface area contributed by atoms with Crippen molar-refractivity contribution in [2.24, 2.45) is 0 Å². The summed E-state index contributed by atoms with van der Waals surface area (Å²) in [5, 5.41) is 5.30. The standard InChI is InChI=1S/C26H39FIN3O2Si/c1-25(2,3)33-24(32)30-16-20(13-10-14-34(7,8)26(4,5)6)31-21(17-30)22(28)23(29-31)18-11-9-12-19(27)15-18/h9,11-12,15,20H,10,13-14,16-17H2,1-8H3. The summed E-state index contributed by atoms with van der Waals surface area (Å²) in [5.41, 5.74) is 1.98. The summed E-state index contributed by atoms with van der Waals surface area (Å²) in [6.45, 7) is 18.7. The number of amides is 1. The summed E-state index contributed by atoms with van der Waals surface area (Å²) in [5.74, 6) is -0.277. The molecule has 34 heavy (non-hydrogen) atoms. The lowest BCUT2D eigenvalue weighted by Gasteiger charge is -2.38. The first kappa shape index (κ1) is 27.2. The van der Waals surface area contributed by atoms with Gasteiger partial charge in [-0.25, -0.2) is 9.18 Å². The summed E-state index contributed by atoms with van der Waals surface area (Å²) in [6, 6.07) is 7.86. The molecule has 1 aliphatic heterocycles. The maximum atomic E-state index is 13.9. The van der Waals surface area contributed by atoms with Gasteiger partial charge in [0, 0.05) is 12.1 Å². The van der Waals surface area contributed by atoms with Gasteiger partial charge < -0.3 is 9.64 Å². The minimum Gasteiger partial charge on any atom is -0.444 e. The lowest BCUT2D eigenvalue weighted by Crippen LogP contribution is -2.44. The smallest absolute Gasteiger partial charge is 0.410 e. The van der Waals surface area contributed by atoms with Gasteiger partial charge in [-0.05, 0) is 67.0 Å². The van der Waals surface area contributed by atoms with Crippen molar-refractivity contribution in [3.63, 3.8) is 0 Å². The molecule has 2 aromatic rings. The van der Waals surface area contributed by atoms with E-state index in [9.17, 15) is 9.18 Å². The van der Waals surface area contributed by atoms with Crippen LogP contribution in [0.25, 0.3) is 11.3 Å². The van der Waals surface area contributed by atoms with Gasteiger partial charge in [-0.15, -0.1) is 0 Å². The number of hydrogen-bond acceptors (Lipinski definition) is 3. The third-order valence-electron chi connectivity index (χ3n) is 7.18. The molecule has 0 spiro atoms. The topological polar surface area (TPSA) is 47.4 Å². The summed E-state index contributed by atoms with van der Waals surface area (Å²) in [7, 11) is -1.39. The van der Waals surface area contributed by atoms with E-state index in [1.54, 1.807) is 11.0 Å². The molecule has 3 rings (SSSR count). The van der Waals surface area contributed by atoms with Gasteiger partial charge in [0.05, 0.1) is 29.9 Å². The Kier molecular flexibility index (Phi) is 7.92. The number of benzene rings is 1. The van der Waals surface area contributed by atoms with E-state index >= 15 is 0 Å². The molecule has 0 aliphatic carbocycles. The number of halogens is 2. The van der Waals surface area contributed by atoms with E-state index in [0.717, 1.165) is 33.4 Å². The Morgan fingerprint density at radius 1 is 1.24 bits per heavy atom. The van der Waals surface area contributed by atoms with E-state index in [-0.39, 0.29) is 18.0 Å². The van der Waals surface area contributed by atoms with Crippen LogP contribution in [0.15, 0.2) is 24.3 Å². The zero-order chi connectivity index (χ0) is 25.5. The van der Waals surface area contributed by atoms with E-state index in [1.807, 2.05) is 26.8 Å². The average molecular weight is 600 g/mol. The number of aromatic nitrogens is 2. The first-order chi connectivity index (χ1) is 15.6. The molecule has 188 valence electrons. The lowest BCUT2D eigenvalue weighted by molar-refractivity contribution is 0.0154. The number of hydrogen-bond donors (Lipinski definition) is 0. The Morgan fingerprint density at radius 2 is 1.91 bits per heavy atom. The van der Waals surface area contributed by atoms with Crippen LogP contribution in [0.2, 0.25) is 24.2 Å². The zero-order valence-corrected chi connectivity index (χ0v) is 25.0. The Labute approximate surface area is 218 Å². The first-order valence-corrected chi connectivity index (χ1v) is 16.4. The molecule has 1 aromatic carbocycles. The molecular weight excluding hydrogens is 560 g/mol. The van der Waals surface area contributed by atoms with Crippen LogP contribution in [0, 0.1) is 9.39 Å². The largest absolute Gasteiger partial charge is 0.444 e. The Bertz CT molecular complexity index is 1040. The van der Waals surface area contributed by atoms with E-state index in [4.69, 9.17) is 9.84 Å². The predicted octanol–water partition coefficient (Wildman–Crippen LogP) is 7.87. The highest BCUT2D eigenvalue weighted by molar-refractivity contribution is 14.1. The average Bonchev–Trinajstić information content (AvgIpc) is 3.02. The van der Waals surface area contributed by atoms with E-state index < -0.39 is 13.7 Å². The number of carbonyl (C=O) groups is 1. The fourth-order valence-corrected chi connectivity index (χ4v) is 6.80. The second-order valence-corrected chi connectivity index (χ2v) is 19.0. The molecule has 0 saturated heterocycles. The number of fused-ring (bicyclic) bond motifs is 1. The third-order valence-corrected chi connectivity index (χ3v) is 14.0. The summed E-state index contributed by atoms with van der Waals surface area (Å²) >= 11 is 2.29. The van der Waals surface area contributed by atoms with E-state index in [0.29, 0.717) is 18.1 Å². The van der Waals surface area contributed by atoms with Gasteiger partial charge >= 0.3 is 6.09 Å². The minimum absolute atomic E-state index is 0.0665. The van der Waals surface area contributed by atoms with Crippen molar-refractivity contribution in [3.8, 4) is 11.3 Å². The van der Waals surface area contributed by atoms with Crippen LogP contribution in [-0.4, -0.2) is 41.0 Å². The maximum absolute atomic E-state index is 13.9. The van der Waals surface area contributed by atoms with E-state index in [2.05, 4.69) is 61.1 Å². The van der Waals surface area contributed by atoms with Crippen molar-refractivity contribution >= 4 is 36.8 Å². The highest BCUT2D eigenvalue weighted by Gasteiger charge is 2.37. The second-order valence-electron chi connectivity index (χ2n) is 12.1. The SMILES string of the molecule is CC(C)(C)OC(=O)N1Cc2c(I)c(-c3cccc(F)c3)nn2C(CCC[Si](C)(C)C(C)(C)C)C1. The van der Waals surface area contributed by atoms with Gasteiger partial charge in [0.15, 0.2) is 0 Å². The quantitative estimate of drug-likeness (QED) is 0.260. The number of rotatable bonds is 5. The minimum atomic E-state index is -1.39. The monoisotopic (exact) mass is 599 g/mol. The molecule has 5 nitrogen and oxygen atoms in total. The molecule has 0 bridgehead atoms. The molecule has 1 amide bonds. The van der Waals surface area contributed by atoms with Crippen LogP contribution in [0.4, 0.5) is 9.18 Å². The molecule has 0 saturated carbocycles. The third kappa shape index (κ3) is 6.22. The fourth-order valence-electron chi connectivity index (χ4n) is 4.12. The first-order valence-electron chi connectivity index (χ1n) is 12.1. The van der Waals surface area contributed by atoms with Crippen LogP contribution in [0.3, 0.4) is 0 Å². The van der Waals surface area contributed by atoms with Crippen LogP contribution < -0.4 is 0 Å². The molecule has 1 unspecified atom stereocenters. The van der Waals surface area contributed by atoms with Gasteiger partial charge in [-0.3, -0.25) is 4.68 Å². The Morgan fingerprint density at radius 3 is 2.50 bits per heavy atom. The number of ether oxygens (including phenoxy) is 1. The molecule has 0 radical (unpaired) electrons. The van der Waals surface area contributed by atoms with Gasteiger partial charge in [-0.2, -0.15) is 5.10 Å².